The molecule has 3 heteroatoms. The van der Waals surface area contributed by atoms with Crippen molar-refractivity contribution in [1.82, 2.24) is 0 Å². The minimum atomic E-state index is -0.390. The summed E-state index contributed by atoms with van der Waals surface area (Å²) in [7, 11) is 0. The molecule has 1 aromatic carbocycles. The van der Waals surface area contributed by atoms with E-state index in [2.05, 4.69) is 34.1 Å². The first-order valence-corrected chi connectivity index (χ1v) is 7.40. The van der Waals surface area contributed by atoms with Crippen LogP contribution in [0.2, 0.25) is 0 Å². The summed E-state index contributed by atoms with van der Waals surface area (Å²) in [6.07, 6.45) is 1.65. The van der Waals surface area contributed by atoms with Gasteiger partial charge in [-0.05, 0) is 43.7 Å². The monoisotopic (exact) mass is 322 g/mol. The molecule has 0 spiro atoms. The van der Waals surface area contributed by atoms with Gasteiger partial charge >= 0.3 is 0 Å². The molecule has 1 nitrogen and oxygen atoms in total. The first kappa shape index (κ1) is 13.5. The standard InChI is InChI=1S/C15H15BrOS/c1-10(11(2)17)9-12-7-8-15(18-12)13-5-3-4-6-14(13)16/h3-9,11,17H,1-2H3/b10-9+. The first-order chi connectivity index (χ1) is 8.58. The summed E-state index contributed by atoms with van der Waals surface area (Å²) >= 11 is 5.30. The van der Waals surface area contributed by atoms with Crippen molar-refractivity contribution in [3.05, 3.63) is 51.3 Å². The Bertz CT molecular complexity index is 569. The Morgan fingerprint density at radius 1 is 1.28 bits per heavy atom. The number of halogens is 1. The Labute approximate surface area is 120 Å². The molecule has 2 rings (SSSR count). The fourth-order valence-electron chi connectivity index (χ4n) is 1.58. The van der Waals surface area contributed by atoms with E-state index in [-0.39, 0.29) is 6.10 Å². The quantitative estimate of drug-likeness (QED) is 0.846. The molecule has 18 heavy (non-hydrogen) atoms. The molecule has 2 aromatic rings. The molecule has 1 atom stereocenters. The molecule has 0 aliphatic rings. The summed E-state index contributed by atoms with van der Waals surface area (Å²) in [6, 6.07) is 12.4. The van der Waals surface area contributed by atoms with Crippen LogP contribution in [0.25, 0.3) is 16.5 Å². The Morgan fingerprint density at radius 2 is 2.00 bits per heavy atom. The van der Waals surface area contributed by atoms with Crippen molar-refractivity contribution in [2.75, 3.05) is 0 Å². The molecule has 94 valence electrons. The largest absolute Gasteiger partial charge is 0.389 e. The number of hydrogen-bond donors (Lipinski definition) is 1. The number of rotatable bonds is 3. The number of hydrogen-bond acceptors (Lipinski definition) is 2. The molecule has 0 fully saturated rings. The summed E-state index contributed by atoms with van der Waals surface area (Å²) < 4.78 is 1.11. The van der Waals surface area contributed by atoms with E-state index in [1.54, 1.807) is 18.3 Å². The fourth-order valence-corrected chi connectivity index (χ4v) is 3.27. The third kappa shape index (κ3) is 3.10. The molecular weight excluding hydrogens is 308 g/mol. The van der Waals surface area contributed by atoms with E-state index in [0.29, 0.717) is 0 Å². The highest BCUT2D eigenvalue weighted by atomic mass is 79.9. The maximum atomic E-state index is 9.48. The molecule has 0 aliphatic heterocycles. The van der Waals surface area contributed by atoms with Gasteiger partial charge in [-0.1, -0.05) is 34.1 Å². The van der Waals surface area contributed by atoms with E-state index in [1.165, 1.54) is 15.3 Å². The maximum absolute atomic E-state index is 9.48. The van der Waals surface area contributed by atoms with Crippen LogP contribution in [0.1, 0.15) is 18.7 Å². The van der Waals surface area contributed by atoms with Gasteiger partial charge in [0.25, 0.3) is 0 Å². The summed E-state index contributed by atoms with van der Waals surface area (Å²) in [5.41, 5.74) is 2.19. The average Bonchev–Trinajstić information content (AvgIpc) is 2.77. The molecule has 1 N–H and O–H groups in total. The highest BCUT2D eigenvalue weighted by Gasteiger charge is 2.06. The average molecular weight is 323 g/mol. The minimum Gasteiger partial charge on any atom is -0.389 e. The second-order valence-electron chi connectivity index (χ2n) is 4.25. The number of aliphatic hydroxyl groups is 1. The third-order valence-corrected chi connectivity index (χ3v) is 4.55. The summed E-state index contributed by atoms with van der Waals surface area (Å²) in [5, 5.41) is 9.48. The van der Waals surface area contributed by atoms with Crippen LogP contribution in [0.3, 0.4) is 0 Å². The van der Waals surface area contributed by atoms with Crippen molar-refractivity contribution < 1.29 is 5.11 Å². The van der Waals surface area contributed by atoms with Crippen molar-refractivity contribution in [3.8, 4) is 10.4 Å². The molecule has 1 unspecified atom stereocenters. The molecule has 0 aliphatic carbocycles. The van der Waals surface area contributed by atoms with E-state index >= 15 is 0 Å². The SMILES string of the molecule is C/C(=C\c1ccc(-c2ccccc2Br)s1)C(C)O. The van der Waals surface area contributed by atoms with Crippen LogP contribution in [0.4, 0.5) is 0 Å². The number of thiophene rings is 1. The zero-order valence-electron chi connectivity index (χ0n) is 10.4. The zero-order chi connectivity index (χ0) is 13.1. The van der Waals surface area contributed by atoms with Crippen molar-refractivity contribution in [1.29, 1.82) is 0 Å². The van der Waals surface area contributed by atoms with E-state index in [4.69, 9.17) is 0 Å². The van der Waals surface area contributed by atoms with Gasteiger partial charge in [-0.15, -0.1) is 11.3 Å². The Balaban J connectivity index is 2.32. The smallest absolute Gasteiger partial charge is 0.0722 e. The predicted molar refractivity (Wildman–Crippen MR) is 82.8 cm³/mol. The third-order valence-electron chi connectivity index (χ3n) is 2.80. The summed E-state index contributed by atoms with van der Waals surface area (Å²) in [4.78, 5) is 2.39. The normalized spacial score (nSPS) is 13.7. The van der Waals surface area contributed by atoms with Crippen LogP contribution in [-0.4, -0.2) is 11.2 Å². The minimum absolute atomic E-state index is 0.390. The van der Waals surface area contributed by atoms with Crippen LogP contribution < -0.4 is 0 Å². The molecular formula is C15H15BrOS. The highest BCUT2D eigenvalue weighted by molar-refractivity contribution is 9.10. The number of benzene rings is 1. The van der Waals surface area contributed by atoms with Gasteiger partial charge in [0.1, 0.15) is 0 Å². The van der Waals surface area contributed by atoms with Gasteiger partial charge in [0.15, 0.2) is 0 Å². The molecule has 0 saturated heterocycles. The molecule has 1 aromatic heterocycles. The van der Waals surface area contributed by atoms with Gasteiger partial charge in [0.2, 0.25) is 0 Å². The van der Waals surface area contributed by atoms with E-state index in [0.717, 1.165) is 10.0 Å². The van der Waals surface area contributed by atoms with E-state index in [1.807, 2.05) is 31.2 Å². The van der Waals surface area contributed by atoms with Gasteiger partial charge < -0.3 is 5.11 Å². The molecule has 0 bridgehead atoms. The number of aliphatic hydroxyl groups excluding tert-OH is 1. The topological polar surface area (TPSA) is 20.2 Å². The van der Waals surface area contributed by atoms with Crippen LogP contribution in [0.5, 0.6) is 0 Å². The van der Waals surface area contributed by atoms with Gasteiger partial charge in [-0.3, -0.25) is 0 Å². The Hall–Kier alpha value is -0.900. The lowest BCUT2D eigenvalue weighted by Gasteiger charge is -2.02. The molecule has 1 heterocycles. The van der Waals surface area contributed by atoms with Crippen molar-refractivity contribution in [2.24, 2.45) is 0 Å². The van der Waals surface area contributed by atoms with Crippen LogP contribution in [-0.2, 0) is 0 Å². The Morgan fingerprint density at radius 3 is 2.67 bits per heavy atom. The van der Waals surface area contributed by atoms with Crippen molar-refractivity contribution in [2.45, 2.75) is 20.0 Å². The highest BCUT2D eigenvalue weighted by Crippen LogP contribution is 2.34. The maximum Gasteiger partial charge on any atom is 0.0722 e. The van der Waals surface area contributed by atoms with Crippen LogP contribution in [0, 0.1) is 0 Å². The van der Waals surface area contributed by atoms with Gasteiger partial charge in [-0.2, -0.15) is 0 Å². The van der Waals surface area contributed by atoms with Gasteiger partial charge in [0, 0.05) is 19.8 Å². The second-order valence-corrected chi connectivity index (χ2v) is 6.22. The molecule has 0 radical (unpaired) electrons. The van der Waals surface area contributed by atoms with Gasteiger partial charge in [0.05, 0.1) is 6.10 Å². The lowest BCUT2D eigenvalue weighted by Crippen LogP contribution is -1.99. The lowest BCUT2D eigenvalue weighted by atomic mass is 10.1. The zero-order valence-corrected chi connectivity index (χ0v) is 12.8. The summed E-state index contributed by atoms with van der Waals surface area (Å²) in [5.74, 6) is 0. The van der Waals surface area contributed by atoms with Crippen molar-refractivity contribution >= 4 is 33.3 Å². The molecule has 0 amide bonds. The second kappa shape index (κ2) is 5.83. The lowest BCUT2D eigenvalue weighted by molar-refractivity contribution is 0.232. The van der Waals surface area contributed by atoms with E-state index in [9.17, 15) is 5.11 Å². The Kier molecular flexibility index (Phi) is 4.38. The summed E-state index contributed by atoms with van der Waals surface area (Å²) in [6.45, 7) is 3.73. The van der Waals surface area contributed by atoms with E-state index < -0.39 is 0 Å². The molecule has 0 saturated carbocycles. The van der Waals surface area contributed by atoms with Gasteiger partial charge in [-0.25, -0.2) is 0 Å². The van der Waals surface area contributed by atoms with Crippen molar-refractivity contribution in [3.63, 3.8) is 0 Å². The predicted octanol–water partition coefficient (Wildman–Crippen LogP) is 4.96. The fraction of sp³-hybridized carbons (Fsp3) is 0.200. The first-order valence-electron chi connectivity index (χ1n) is 5.79. The van der Waals surface area contributed by atoms with Crippen LogP contribution >= 0.6 is 27.3 Å². The van der Waals surface area contributed by atoms with Crippen LogP contribution in [0.15, 0.2) is 46.4 Å².